The molecule has 3 rings (SSSR count). The van der Waals surface area contributed by atoms with Crippen molar-refractivity contribution in [3.05, 3.63) is 54.4 Å². The zero-order chi connectivity index (χ0) is 16.8. The summed E-state index contributed by atoms with van der Waals surface area (Å²) in [6, 6.07) is 11.1. The molecule has 0 spiro atoms. The molecule has 24 heavy (non-hydrogen) atoms. The number of carbonyl (C=O) groups is 1. The number of hydrogen-bond donors (Lipinski definition) is 2. The molecule has 1 aromatic carbocycles. The van der Waals surface area contributed by atoms with E-state index >= 15 is 0 Å². The van der Waals surface area contributed by atoms with Gasteiger partial charge >= 0.3 is 0 Å². The number of rotatable bonds is 6. The molecule has 6 heteroatoms. The van der Waals surface area contributed by atoms with Crippen LogP contribution < -0.4 is 15.8 Å². The number of nitrogens with one attached hydrogen (secondary N) is 1. The van der Waals surface area contributed by atoms with E-state index in [9.17, 15) is 4.79 Å². The van der Waals surface area contributed by atoms with Crippen LogP contribution in [0, 0.1) is 0 Å². The molecule has 126 valence electrons. The van der Waals surface area contributed by atoms with Crippen molar-refractivity contribution in [1.82, 2.24) is 4.98 Å². The highest BCUT2D eigenvalue weighted by molar-refractivity contribution is 5.94. The summed E-state index contributed by atoms with van der Waals surface area (Å²) in [5.74, 6) is 0.613. The number of anilines is 1. The molecule has 0 radical (unpaired) electrons. The third-order valence-electron chi connectivity index (χ3n) is 3.94. The van der Waals surface area contributed by atoms with Crippen LogP contribution in [0.5, 0.6) is 5.75 Å². The Bertz CT molecular complexity index is 661. The number of aromatic nitrogens is 1. The summed E-state index contributed by atoms with van der Waals surface area (Å²) in [4.78, 5) is 16.1. The number of amides is 1. The number of nitrogens with two attached hydrogens (primary N) is 1. The molecule has 1 fully saturated rings. The van der Waals surface area contributed by atoms with E-state index in [1.165, 1.54) is 0 Å². The molecule has 0 bridgehead atoms. The van der Waals surface area contributed by atoms with Crippen molar-refractivity contribution in [2.75, 3.05) is 11.9 Å². The SMILES string of the molecule is NC[C@H]1CC[C@@H](C(=O)Nc2ccc(OCc3ccncc3)cc2)O1. The minimum Gasteiger partial charge on any atom is -0.489 e. The summed E-state index contributed by atoms with van der Waals surface area (Å²) < 4.78 is 11.3. The molecular formula is C18H21N3O3. The average molecular weight is 327 g/mol. The first kappa shape index (κ1) is 16.4. The summed E-state index contributed by atoms with van der Waals surface area (Å²) in [5.41, 5.74) is 7.33. The first-order valence-electron chi connectivity index (χ1n) is 8.03. The number of benzene rings is 1. The minimum atomic E-state index is -0.416. The van der Waals surface area contributed by atoms with Crippen LogP contribution in [0.2, 0.25) is 0 Å². The lowest BCUT2D eigenvalue weighted by molar-refractivity contribution is -0.126. The molecule has 2 aromatic rings. The molecule has 1 aliphatic rings. The molecule has 0 unspecified atom stereocenters. The highest BCUT2D eigenvalue weighted by Gasteiger charge is 2.29. The van der Waals surface area contributed by atoms with Crippen molar-refractivity contribution in [3.63, 3.8) is 0 Å². The lowest BCUT2D eigenvalue weighted by atomic mass is 10.2. The van der Waals surface area contributed by atoms with Crippen molar-refractivity contribution in [3.8, 4) is 5.75 Å². The van der Waals surface area contributed by atoms with Gasteiger partial charge in [0.05, 0.1) is 6.10 Å². The zero-order valence-electron chi connectivity index (χ0n) is 13.4. The maximum absolute atomic E-state index is 12.2. The van der Waals surface area contributed by atoms with Gasteiger partial charge in [-0.1, -0.05) is 0 Å². The predicted octanol–water partition coefficient (Wildman–Crippen LogP) is 2.11. The lowest BCUT2D eigenvalue weighted by Gasteiger charge is -2.13. The van der Waals surface area contributed by atoms with E-state index < -0.39 is 6.10 Å². The second-order valence-corrected chi connectivity index (χ2v) is 5.72. The molecule has 0 saturated carbocycles. The van der Waals surface area contributed by atoms with Crippen LogP contribution in [-0.2, 0) is 16.1 Å². The number of pyridine rings is 1. The van der Waals surface area contributed by atoms with Gasteiger partial charge in [0.2, 0.25) is 0 Å². The van der Waals surface area contributed by atoms with Crippen molar-refractivity contribution in [1.29, 1.82) is 0 Å². The molecule has 2 heterocycles. The normalized spacial score (nSPS) is 19.9. The Kier molecular flexibility index (Phi) is 5.40. The molecular weight excluding hydrogens is 306 g/mol. The summed E-state index contributed by atoms with van der Waals surface area (Å²) >= 11 is 0. The predicted molar refractivity (Wildman–Crippen MR) is 90.6 cm³/mol. The van der Waals surface area contributed by atoms with Crippen molar-refractivity contribution < 1.29 is 14.3 Å². The molecule has 1 saturated heterocycles. The topological polar surface area (TPSA) is 86.5 Å². The monoisotopic (exact) mass is 327 g/mol. The fourth-order valence-electron chi connectivity index (χ4n) is 2.57. The first-order valence-corrected chi connectivity index (χ1v) is 8.03. The van der Waals surface area contributed by atoms with Gasteiger partial charge in [-0.2, -0.15) is 0 Å². The van der Waals surface area contributed by atoms with E-state index in [0.29, 0.717) is 19.6 Å². The smallest absolute Gasteiger partial charge is 0.253 e. The Hall–Kier alpha value is -2.44. The highest BCUT2D eigenvalue weighted by atomic mass is 16.5. The Labute approximate surface area is 141 Å². The molecule has 3 N–H and O–H groups in total. The summed E-state index contributed by atoms with van der Waals surface area (Å²) in [6.45, 7) is 0.928. The van der Waals surface area contributed by atoms with Crippen LogP contribution in [0.4, 0.5) is 5.69 Å². The van der Waals surface area contributed by atoms with Gasteiger partial charge in [-0.3, -0.25) is 9.78 Å². The Morgan fingerprint density at radius 2 is 1.96 bits per heavy atom. The van der Waals surface area contributed by atoms with Crippen molar-refractivity contribution >= 4 is 11.6 Å². The van der Waals surface area contributed by atoms with E-state index in [1.807, 2.05) is 36.4 Å². The van der Waals surface area contributed by atoms with Crippen LogP contribution in [0.15, 0.2) is 48.8 Å². The van der Waals surface area contributed by atoms with Crippen LogP contribution in [0.1, 0.15) is 18.4 Å². The molecule has 2 atom stereocenters. The second kappa shape index (κ2) is 7.90. The van der Waals surface area contributed by atoms with Gasteiger partial charge in [-0.25, -0.2) is 0 Å². The fourth-order valence-corrected chi connectivity index (χ4v) is 2.57. The van der Waals surface area contributed by atoms with Gasteiger partial charge in [0.25, 0.3) is 5.91 Å². The number of ether oxygens (including phenoxy) is 2. The summed E-state index contributed by atoms with van der Waals surface area (Å²) in [6.07, 6.45) is 4.58. The van der Waals surface area contributed by atoms with Gasteiger partial charge in [0, 0.05) is 24.6 Å². The molecule has 1 aliphatic heterocycles. The second-order valence-electron chi connectivity index (χ2n) is 5.72. The van der Waals surface area contributed by atoms with Crippen molar-refractivity contribution in [2.45, 2.75) is 31.7 Å². The van der Waals surface area contributed by atoms with E-state index in [-0.39, 0.29) is 12.0 Å². The maximum atomic E-state index is 12.2. The fraction of sp³-hybridized carbons (Fsp3) is 0.333. The largest absolute Gasteiger partial charge is 0.489 e. The van der Waals surface area contributed by atoms with Gasteiger partial charge in [-0.05, 0) is 54.8 Å². The van der Waals surface area contributed by atoms with Gasteiger partial charge in [0.15, 0.2) is 0 Å². The number of carbonyl (C=O) groups excluding carboxylic acids is 1. The zero-order valence-corrected chi connectivity index (χ0v) is 13.4. The third-order valence-corrected chi connectivity index (χ3v) is 3.94. The van der Waals surface area contributed by atoms with Crippen molar-refractivity contribution in [2.24, 2.45) is 5.73 Å². The Balaban J connectivity index is 1.50. The molecule has 0 aliphatic carbocycles. The average Bonchev–Trinajstić information content (AvgIpc) is 3.11. The van der Waals surface area contributed by atoms with Crippen LogP contribution >= 0.6 is 0 Å². The summed E-state index contributed by atoms with van der Waals surface area (Å²) in [5, 5.41) is 2.86. The summed E-state index contributed by atoms with van der Waals surface area (Å²) in [7, 11) is 0. The van der Waals surface area contributed by atoms with Gasteiger partial charge in [-0.15, -0.1) is 0 Å². The quantitative estimate of drug-likeness (QED) is 0.848. The Morgan fingerprint density at radius 3 is 2.62 bits per heavy atom. The van der Waals surface area contributed by atoms with Crippen LogP contribution in [-0.4, -0.2) is 29.6 Å². The molecule has 1 aromatic heterocycles. The third kappa shape index (κ3) is 4.31. The lowest BCUT2D eigenvalue weighted by Crippen LogP contribution is -2.29. The molecule has 6 nitrogen and oxygen atoms in total. The first-order chi connectivity index (χ1) is 11.7. The highest BCUT2D eigenvalue weighted by Crippen LogP contribution is 2.22. The van der Waals surface area contributed by atoms with Gasteiger partial charge < -0.3 is 20.5 Å². The van der Waals surface area contributed by atoms with E-state index in [1.54, 1.807) is 12.4 Å². The maximum Gasteiger partial charge on any atom is 0.253 e. The molecule has 1 amide bonds. The van der Waals surface area contributed by atoms with Crippen LogP contribution in [0.3, 0.4) is 0 Å². The standard InChI is InChI=1S/C18H21N3O3/c19-11-16-5-6-17(24-16)18(22)21-14-1-3-15(4-2-14)23-12-13-7-9-20-10-8-13/h1-4,7-10,16-17H,5-6,11-12,19H2,(H,21,22)/t16-,17+/m1/s1. The van der Waals surface area contributed by atoms with E-state index in [4.69, 9.17) is 15.2 Å². The van der Waals surface area contributed by atoms with Crippen LogP contribution in [0.25, 0.3) is 0 Å². The Morgan fingerprint density at radius 1 is 1.21 bits per heavy atom. The minimum absolute atomic E-state index is 0.00953. The number of nitrogens with zero attached hydrogens (tertiary/aromatic N) is 1. The number of hydrogen-bond acceptors (Lipinski definition) is 5. The van der Waals surface area contributed by atoms with E-state index in [2.05, 4.69) is 10.3 Å². The van der Waals surface area contributed by atoms with E-state index in [0.717, 1.165) is 23.4 Å². The van der Waals surface area contributed by atoms with Gasteiger partial charge in [0.1, 0.15) is 18.5 Å².